The molecule has 2 heterocycles. The number of carbonyl (C=O) groups excluding carboxylic acids is 1. The fourth-order valence-corrected chi connectivity index (χ4v) is 5.75. The summed E-state index contributed by atoms with van der Waals surface area (Å²) in [5.41, 5.74) is 5.11. The molecule has 5 rings (SSSR count). The van der Waals surface area contributed by atoms with E-state index in [9.17, 15) is 4.79 Å². The lowest BCUT2D eigenvalue weighted by atomic mass is 9.95. The van der Waals surface area contributed by atoms with Gasteiger partial charge in [-0.3, -0.25) is 0 Å². The Morgan fingerprint density at radius 3 is 2.54 bits per heavy atom. The zero-order chi connectivity index (χ0) is 28.9. The standard InChI is InChI=1S/C31H31ClN4O4S/c1-5-39-29(37)27-20(3)33-30-34-31(41-18-23-12-8-9-13-24(23)32)35-36(30)28(27)21-14-15-25(26(16-21)38-4)40-17-22-11-7-6-10-19(22)2/h6-16,28H,5,17-18H2,1-4H3,(H,33,34,35). The van der Waals surface area contributed by atoms with Crippen LogP contribution >= 0.6 is 23.4 Å². The lowest BCUT2D eigenvalue weighted by Gasteiger charge is -2.28. The number of hydrogen-bond acceptors (Lipinski definition) is 8. The van der Waals surface area contributed by atoms with Gasteiger partial charge in [0, 0.05) is 16.5 Å². The number of aromatic nitrogens is 3. The smallest absolute Gasteiger partial charge is 0.338 e. The molecule has 8 nitrogen and oxygen atoms in total. The quantitative estimate of drug-likeness (QED) is 0.156. The van der Waals surface area contributed by atoms with E-state index in [1.54, 1.807) is 18.7 Å². The van der Waals surface area contributed by atoms with Crippen LogP contribution in [0.15, 0.2) is 83.2 Å². The second-order valence-corrected chi connectivity index (χ2v) is 10.8. The van der Waals surface area contributed by atoms with Gasteiger partial charge in [-0.1, -0.05) is 71.9 Å². The summed E-state index contributed by atoms with van der Waals surface area (Å²) in [5.74, 6) is 1.85. The predicted octanol–water partition coefficient (Wildman–Crippen LogP) is 6.97. The van der Waals surface area contributed by atoms with Gasteiger partial charge in [0.2, 0.25) is 11.1 Å². The molecule has 0 spiro atoms. The molecule has 41 heavy (non-hydrogen) atoms. The second kappa shape index (κ2) is 12.7. The third-order valence-corrected chi connectivity index (χ3v) is 8.05. The van der Waals surface area contributed by atoms with Crippen molar-refractivity contribution in [1.82, 2.24) is 14.8 Å². The van der Waals surface area contributed by atoms with E-state index >= 15 is 0 Å². The third kappa shape index (κ3) is 6.21. The molecule has 1 aliphatic heterocycles. The van der Waals surface area contributed by atoms with Crippen molar-refractivity contribution in [2.75, 3.05) is 19.0 Å². The number of aryl methyl sites for hydroxylation is 1. The minimum absolute atomic E-state index is 0.250. The van der Waals surface area contributed by atoms with E-state index in [1.807, 2.05) is 67.6 Å². The van der Waals surface area contributed by atoms with E-state index in [4.69, 9.17) is 35.9 Å². The number of methoxy groups -OCH3 is 1. The van der Waals surface area contributed by atoms with Crippen molar-refractivity contribution in [1.29, 1.82) is 0 Å². The van der Waals surface area contributed by atoms with Crippen molar-refractivity contribution in [2.24, 2.45) is 0 Å². The summed E-state index contributed by atoms with van der Waals surface area (Å²) in [5, 5.41) is 9.28. The van der Waals surface area contributed by atoms with Crippen LogP contribution in [0.1, 0.15) is 42.1 Å². The molecular weight excluding hydrogens is 560 g/mol. The van der Waals surface area contributed by atoms with E-state index in [0.717, 1.165) is 22.3 Å². The SMILES string of the molecule is CCOC(=O)C1=C(C)Nc2nc(SCc3ccccc3Cl)nn2C1c1ccc(OCc2ccccc2C)c(OC)c1. The number of halogens is 1. The molecule has 0 bridgehead atoms. The van der Waals surface area contributed by atoms with Gasteiger partial charge in [-0.2, -0.15) is 4.98 Å². The van der Waals surface area contributed by atoms with Crippen LogP contribution in [0.3, 0.4) is 0 Å². The van der Waals surface area contributed by atoms with Crippen molar-refractivity contribution >= 4 is 35.3 Å². The van der Waals surface area contributed by atoms with Crippen molar-refractivity contribution in [3.63, 3.8) is 0 Å². The van der Waals surface area contributed by atoms with Crippen molar-refractivity contribution in [3.05, 3.63) is 105 Å². The highest BCUT2D eigenvalue weighted by atomic mass is 35.5. The minimum Gasteiger partial charge on any atom is -0.493 e. The number of nitrogens with zero attached hydrogens (tertiary/aromatic N) is 3. The number of hydrogen-bond donors (Lipinski definition) is 1. The molecule has 4 aromatic rings. The van der Waals surface area contributed by atoms with E-state index in [2.05, 4.69) is 18.3 Å². The number of anilines is 1. The van der Waals surface area contributed by atoms with Gasteiger partial charge >= 0.3 is 5.97 Å². The van der Waals surface area contributed by atoms with Crippen LogP contribution in [0.4, 0.5) is 5.95 Å². The Morgan fingerprint density at radius 2 is 1.80 bits per heavy atom. The molecular formula is C31H31ClN4O4S. The largest absolute Gasteiger partial charge is 0.493 e. The Morgan fingerprint density at radius 1 is 1.05 bits per heavy atom. The van der Waals surface area contributed by atoms with Gasteiger partial charge in [0.05, 0.1) is 19.3 Å². The Balaban J connectivity index is 1.48. The highest BCUT2D eigenvalue weighted by molar-refractivity contribution is 7.98. The summed E-state index contributed by atoms with van der Waals surface area (Å²) in [6.45, 7) is 6.33. The second-order valence-electron chi connectivity index (χ2n) is 9.45. The molecule has 0 saturated heterocycles. The maximum absolute atomic E-state index is 13.2. The van der Waals surface area contributed by atoms with Crippen LogP contribution in [-0.4, -0.2) is 34.5 Å². The first kappa shape index (κ1) is 28.6. The Hall–Kier alpha value is -3.95. The molecule has 1 atom stereocenters. The third-order valence-electron chi connectivity index (χ3n) is 6.79. The number of carbonyl (C=O) groups is 1. The highest BCUT2D eigenvalue weighted by Gasteiger charge is 2.35. The molecule has 1 aliphatic rings. The van der Waals surface area contributed by atoms with E-state index in [-0.39, 0.29) is 6.61 Å². The average Bonchev–Trinajstić information content (AvgIpc) is 3.38. The van der Waals surface area contributed by atoms with Gasteiger partial charge in [0.1, 0.15) is 12.6 Å². The highest BCUT2D eigenvalue weighted by Crippen LogP contribution is 2.40. The Kier molecular flexibility index (Phi) is 8.85. The van der Waals surface area contributed by atoms with Crippen molar-refractivity contribution < 1.29 is 19.0 Å². The zero-order valence-corrected chi connectivity index (χ0v) is 24.9. The molecule has 10 heteroatoms. The molecule has 0 aliphatic carbocycles. The van der Waals surface area contributed by atoms with Crippen LogP contribution in [0.5, 0.6) is 11.5 Å². The van der Waals surface area contributed by atoms with Crippen LogP contribution < -0.4 is 14.8 Å². The summed E-state index contributed by atoms with van der Waals surface area (Å²) in [6, 6.07) is 20.8. The number of nitrogens with one attached hydrogen (secondary N) is 1. The van der Waals surface area contributed by atoms with Crippen molar-refractivity contribution in [2.45, 2.75) is 44.3 Å². The molecule has 0 amide bonds. The van der Waals surface area contributed by atoms with Gasteiger partial charge in [-0.25, -0.2) is 9.48 Å². The first-order chi connectivity index (χ1) is 19.9. The summed E-state index contributed by atoms with van der Waals surface area (Å²) < 4.78 is 19.0. The summed E-state index contributed by atoms with van der Waals surface area (Å²) in [4.78, 5) is 17.9. The first-order valence-electron chi connectivity index (χ1n) is 13.2. The van der Waals surface area contributed by atoms with Crippen LogP contribution in [0, 0.1) is 6.92 Å². The summed E-state index contributed by atoms with van der Waals surface area (Å²) in [7, 11) is 1.60. The fraction of sp³-hybridized carbons (Fsp3) is 0.258. The van der Waals surface area contributed by atoms with Crippen molar-refractivity contribution in [3.8, 4) is 11.5 Å². The lowest BCUT2D eigenvalue weighted by Crippen LogP contribution is -2.29. The lowest BCUT2D eigenvalue weighted by molar-refractivity contribution is -0.139. The number of rotatable bonds is 10. The molecule has 0 fully saturated rings. The number of fused-ring (bicyclic) bond motifs is 1. The molecule has 3 aromatic carbocycles. The van der Waals surface area contributed by atoms with Gasteiger partial charge < -0.3 is 19.5 Å². The normalized spacial score (nSPS) is 14.3. The number of allylic oxidation sites excluding steroid dienone is 1. The number of ether oxygens (including phenoxy) is 3. The van der Waals surface area contributed by atoms with Gasteiger partial charge in [-0.05, 0) is 61.2 Å². The minimum atomic E-state index is -0.591. The monoisotopic (exact) mass is 590 g/mol. The molecule has 212 valence electrons. The van der Waals surface area contributed by atoms with Crippen LogP contribution in [0.2, 0.25) is 5.02 Å². The Bertz CT molecular complexity index is 1600. The van der Waals surface area contributed by atoms with E-state index in [1.165, 1.54) is 11.8 Å². The topological polar surface area (TPSA) is 87.5 Å². The molecule has 1 aromatic heterocycles. The first-order valence-corrected chi connectivity index (χ1v) is 14.6. The van der Waals surface area contributed by atoms with Gasteiger partial charge in [0.15, 0.2) is 11.5 Å². The van der Waals surface area contributed by atoms with Gasteiger partial charge in [0.25, 0.3) is 0 Å². The average molecular weight is 591 g/mol. The molecule has 0 radical (unpaired) electrons. The summed E-state index contributed by atoms with van der Waals surface area (Å²) in [6.07, 6.45) is 0. The number of thioether (sulfide) groups is 1. The maximum atomic E-state index is 13.2. The van der Waals surface area contributed by atoms with E-state index in [0.29, 0.717) is 51.3 Å². The Labute approximate surface area is 248 Å². The molecule has 1 N–H and O–H groups in total. The predicted molar refractivity (Wildman–Crippen MR) is 161 cm³/mol. The fourth-order valence-electron chi connectivity index (χ4n) is 4.63. The molecule has 1 unspecified atom stereocenters. The maximum Gasteiger partial charge on any atom is 0.338 e. The summed E-state index contributed by atoms with van der Waals surface area (Å²) >= 11 is 7.82. The zero-order valence-electron chi connectivity index (χ0n) is 23.3. The van der Waals surface area contributed by atoms with Crippen LogP contribution in [0.25, 0.3) is 0 Å². The number of benzene rings is 3. The number of esters is 1. The van der Waals surface area contributed by atoms with Gasteiger partial charge in [-0.15, -0.1) is 5.10 Å². The van der Waals surface area contributed by atoms with E-state index < -0.39 is 12.0 Å². The van der Waals surface area contributed by atoms with Crippen LogP contribution in [-0.2, 0) is 21.9 Å². The molecule has 0 saturated carbocycles.